The molecule has 1 fully saturated rings. The van der Waals surface area contributed by atoms with Crippen molar-refractivity contribution in [1.82, 2.24) is 16.0 Å². The number of carbonyl (C=O) groups is 4. The second-order valence-corrected chi connectivity index (χ2v) is 5.66. The van der Waals surface area contributed by atoms with Crippen molar-refractivity contribution in [2.45, 2.75) is 5.54 Å². The van der Waals surface area contributed by atoms with Gasteiger partial charge in [-0.3, -0.25) is 20.2 Å². The van der Waals surface area contributed by atoms with Crippen molar-refractivity contribution in [3.05, 3.63) is 60.2 Å². The molecule has 0 aromatic heterocycles. The fraction of sp³-hybridized carbons (Fsp3) is 0.111. The number of methoxy groups -OCH3 is 1. The maximum absolute atomic E-state index is 12.6. The number of rotatable bonds is 4. The third-order valence-electron chi connectivity index (χ3n) is 3.99. The Hall–Kier alpha value is -3.88. The largest absolute Gasteiger partial charge is 0.497 e. The number of anilines is 1. The molecule has 0 spiro atoms. The number of urea groups is 2. The summed E-state index contributed by atoms with van der Waals surface area (Å²) in [7, 11) is 1.51. The summed E-state index contributed by atoms with van der Waals surface area (Å²) in [6, 6.07) is 12.6. The van der Waals surface area contributed by atoms with Gasteiger partial charge in [-0.15, -0.1) is 0 Å². The van der Waals surface area contributed by atoms with Gasteiger partial charge in [-0.2, -0.15) is 0 Å². The number of hydrogen-bond donors (Lipinski definition) is 4. The summed E-state index contributed by atoms with van der Waals surface area (Å²) in [5, 5.41) is 8.95. The fourth-order valence-electron chi connectivity index (χ4n) is 2.67. The van der Waals surface area contributed by atoms with Gasteiger partial charge < -0.3 is 15.4 Å². The maximum Gasteiger partial charge on any atom is 0.328 e. The first kappa shape index (κ1) is 17.9. The van der Waals surface area contributed by atoms with Crippen molar-refractivity contribution >= 4 is 29.6 Å². The van der Waals surface area contributed by atoms with E-state index in [2.05, 4.69) is 10.6 Å². The molecular formula is C18H16N4O5. The lowest BCUT2D eigenvalue weighted by Gasteiger charge is -2.34. The van der Waals surface area contributed by atoms with Crippen LogP contribution in [0.5, 0.6) is 5.75 Å². The van der Waals surface area contributed by atoms with Gasteiger partial charge in [-0.25, -0.2) is 9.59 Å². The van der Waals surface area contributed by atoms with E-state index < -0.39 is 29.4 Å². The average molecular weight is 368 g/mol. The SMILES string of the molecule is COc1ccc(NC(=O)NC2(c3ccccc3)C(=O)NC(=O)NC2=O)cc1. The van der Waals surface area contributed by atoms with Crippen LogP contribution in [0.25, 0.3) is 0 Å². The predicted octanol–water partition coefficient (Wildman–Crippen LogP) is 1.08. The van der Waals surface area contributed by atoms with Crippen LogP contribution in [0.3, 0.4) is 0 Å². The molecule has 27 heavy (non-hydrogen) atoms. The zero-order valence-electron chi connectivity index (χ0n) is 14.2. The molecule has 0 bridgehead atoms. The zero-order chi connectivity index (χ0) is 19.4. The first-order chi connectivity index (χ1) is 13.0. The van der Waals surface area contributed by atoms with Gasteiger partial charge in [0.2, 0.25) is 5.54 Å². The minimum Gasteiger partial charge on any atom is -0.497 e. The highest BCUT2D eigenvalue weighted by molar-refractivity contribution is 6.24. The Labute approximate surface area is 154 Å². The number of ether oxygens (including phenoxy) is 1. The molecule has 9 heteroatoms. The molecule has 2 aromatic rings. The summed E-state index contributed by atoms with van der Waals surface area (Å²) in [6.45, 7) is 0. The molecule has 9 nitrogen and oxygen atoms in total. The monoisotopic (exact) mass is 368 g/mol. The third-order valence-corrected chi connectivity index (χ3v) is 3.99. The minimum atomic E-state index is -2.09. The van der Waals surface area contributed by atoms with E-state index in [0.29, 0.717) is 11.4 Å². The number of imide groups is 2. The van der Waals surface area contributed by atoms with E-state index in [1.165, 1.54) is 19.2 Å². The van der Waals surface area contributed by atoms with Crippen molar-refractivity contribution in [3.63, 3.8) is 0 Å². The van der Waals surface area contributed by atoms with Gasteiger partial charge in [-0.05, 0) is 29.8 Å². The molecule has 0 radical (unpaired) electrons. The Morgan fingerprint density at radius 1 is 0.926 bits per heavy atom. The van der Waals surface area contributed by atoms with E-state index in [9.17, 15) is 19.2 Å². The van der Waals surface area contributed by atoms with E-state index in [0.717, 1.165) is 0 Å². The normalized spacial score (nSPS) is 15.4. The third kappa shape index (κ3) is 3.43. The van der Waals surface area contributed by atoms with Crippen LogP contribution in [0.1, 0.15) is 5.56 Å². The summed E-state index contributed by atoms with van der Waals surface area (Å²) in [5.74, 6) is -1.30. The molecular weight excluding hydrogens is 352 g/mol. The molecule has 3 rings (SSSR count). The Balaban J connectivity index is 1.89. The van der Waals surface area contributed by atoms with Crippen LogP contribution in [0.2, 0.25) is 0 Å². The van der Waals surface area contributed by atoms with Gasteiger partial charge in [0.15, 0.2) is 0 Å². The van der Waals surface area contributed by atoms with Gasteiger partial charge in [0.25, 0.3) is 11.8 Å². The molecule has 0 unspecified atom stereocenters. The Kier molecular flexibility index (Phi) is 4.75. The smallest absolute Gasteiger partial charge is 0.328 e. The van der Waals surface area contributed by atoms with Crippen LogP contribution in [0.4, 0.5) is 15.3 Å². The van der Waals surface area contributed by atoms with E-state index in [1.54, 1.807) is 42.5 Å². The number of barbiturate groups is 1. The van der Waals surface area contributed by atoms with E-state index in [1.807, 2.05) is 10.6 Å². The van der Waals surface area contributed by atoms with Gasteiger partial charge in [0.1, 0.15) is 5.75 Å². The molecule has 1 heterocycles. The molecule has 1 saturated heterocycles. The molecule has 138 valence electrons. The number of amides is 6. The van der Waals surface area contributed by atoms with Gasteiger partial charge in [0, 0.05) is 5.69 Å². The number of carbonyl (C=O) groups excluding carboxylic acids is 4. The summed E-state index contributed by atoms with van der Waals surface area (Å²) < 4.78 is 5.04. The summed E-state index contributed by atoms with van der Waals surface area (Å²) in [5.41, 5.74) is -1.47. The van der Waals surface area contributed by atoms with Crippen LogP contribution < -0.4 is 26.0 Å². The summed E-state index contributed by atoms with van der Waals surface area (Å²) in [6.07, 6.45) is 0. The van der Waals surface area contributed by atoms with Crippen LogP contribution in [0, 0.1) is 0 Å². The van der Waals surface area contributed by atoms with Crippen LogP contribution >= 0.6 is 0 Å². The standard InChI is InChI=1S/C18H16N4O5/c1-27-13-9-7-12(8-10-13)19-17(26)22-18(11-5-3-2-4-6-11)14(23)20-16(25)21-15(18)24/h2-10H,1H3,(H2,19,22,26)(H2,20,21,23,24,25). The topological polar surface area (TPSA) is 126 Å². The molecule has 0 aliphatic carbocycles. The van der Waals surface area contributed by atoms with Gasteiger partial charge in [-0.1, -0.05) is 30.3 Å². The second-order valence-electron chi connectivity index (χ2n) is 5.66. The average Bonchev–Trinajstić information content (AvgIpc) is 2.66. The molecule has 4 N–H and O–H groups in total. The highest BCUT2D eigenvalue weighted by Crippen LogP contribution is 2.25. The lowest BCUT2D eigenvalue weighted by molar-refractivity contribution is -0.139. The first-order valence-corrected chi connectivity index (χ1v) is 7.91. The molecule has 0 saturated carbocycles. The lowest BCUT2D eigenvalue weighted by atomic mass is 9.86. The second kappa shape index (κ2) is 7.16. The maximum atomic E-state index is 12.6. The Morgan fingerprint density at radius 2 is 1.52 bits per heavy atom. The molecule has 2 aromatic carbocycles. The van der Waals surface area contributed by atoms with Crippen molar-refractivity contribution in [1.29, 1.82) is 0 Å². The Bertz CT molecular complexity index is 876. The van der Waals surface area contributed by atoms with Crippen molar-refractivity contribution < 1.29 is 23.9 Å². The van der Waals surface area contributed by atoms with Crippen molar-refractivity contribution in [2.75, 3.05) is 12.4 Å². The number of benzene rings is 2. The highest BCUT2D eigenvalue weighted by atomic mass is 16.5. The number of nitrogens with one attached hydrogen (secondary N) is 4. The number of hydrogen-bond acceptors (Lipinski definition) is 5. The molecule has 1 aliphatic heterocycles. The lowest BCUT2D eigenvalue weighted by Crippen LogP contribution is -2.71. The van der Waals surface area contributed by atoms with Crippen LogP contribution in [-0.2, 0) is 15.1 Å². The molecule has 6 amide bonds. The minimum absolute atomic E-state index is 0.206. The quantitative estimate of drug-likeness (QED) is 0.601. The van der Waals surface area contributed by atoms with E-state index >= 15 is 0 Å². The van der Waals surface area contributed by atoms with Crippen molar-refractivity contribution in [2.24, 2.45) is 0 Å². The van der Waals surface area contributed by atoms with E-state index in [-0.39, 0.29) is 5.56 Å². The fourth-order valence-corrected chi connectivity index (χ4v) is 2.67. The molecule has 0 atom stereocenters. The predicted molar refractivity (Wildman–Crippen MR) is 94.9 cm³/mol. The summed E-state index contributed by atoms with van der Waals surface area (Å²) >= 11 is 0. The zero-order valence-corrected chi connectivity index (χ0v) is 14.2. The van der Waals surface area contributed by atoms with Crippen LogP contribution in [0.15, 0.2) is 54.6 Å². The van der Waals surface area contributed by atoms with Crippen LogP contribution in [-0.4, -0.2) is 31.0 Å². The Morgan fingerprint density at radius 3 is 2.07 bits per heavy atom. The van der Waals surface area contributed by atoms with E-state index in [4.69, 9.17) is 4.74 Å². The first-order valence-electron chi connectivity index (χ1n) is 7.91. The van der Waals surface area contributed by atoms with Crippen molar-refractivity contribution in [3.8, 4) is 5.75 Å². The summed E-state index contributed by atoms with van der Waals surface area (Å²) in [4.78, 5) is 49.0. The highest BCUT2D eigenvalue weighted by Gasteiger charge is 2.53. The van der Waals surface area contributed by atoms with Gasteiger partial charge in [0.05, 0.1) is 7.11 Å². The molecule has 1 aliphatic rings. The van der Waals surface area contributed by atoms with Gasteiger partial charge >= 0.3 is 12.1 Å².